The summed E-state index contributed by atoms with van der Waals surface area (Å²) in [5.41, 5.74) is 2.67. The smallest absolute Gasteiger partial charge is 0.203 e. The number of hydrogen-bond acceptors (Lipinski definition) is 3. The maximum absolute atomic E-state index is 8.68. The third-order valence-corrected chi connectivity index (χ3v) is 5.12. The van der Waals surface area contributed by atoms with E-state index in [1.807, 2.05) is 34.9 Å². The first kappa shape index (κ1) is 19.5. The molecule has 0 aliphatic rings. The average molecular weight is 387 g/mol. The normalized spacial score (nSPS) is 11.4. The summed E-state index contributed by atoms with van der Waals surface area (Å²) < 4.78 is 9.94. The van der Waals surface area contributed by atoms with E-state index in [1.54, 1.807) is 6.07 Å². The van der Waals surface area contributed by atoms with Crippen molar-refractivity contribution in [3.63, 3.8) is 0 Å². The second-order valence-electron chi connectivity index (χ2n) is 6.45. The lowest BCUT2D eigenvalue weighted by molar-refractivity contribution is 0.284. The Morgan fingerprint density at radius 3 is 2.26 bits per heavy atom. The van der Waals surface area contributed by atoms with E-state index < -0.39 is 0 Å². The predicted molar refractivity (Wildman–Crippen MR) is 111 cm³/mol. The van der Waals surface area contributed by atoms with Gasteiger partial charge in [-0.3, -0.25) is 5.41 Å². The van der Waals surface area contributed by atoms with Gasteiger partial charge in [0.25, 0.3) is 0 Å². The first-order chi connectivity index (χ1) is 13.1. The Morgan fingerprint density at radius 1 is 0.963 bits per heavy atom. The Bertz CT molecular complexity index is 943. The van der Waals surface area contributed by atoms with Crippen LogP contribution in [-0.4, -0.2) is 40.3 Å². The highest BCUT2D eigenvalue weighted by molar-refractivity contribution is 6.30. The number of aromatic nitrogens is 2. The summed E-state index contributed by atoms with van der Waals surface area (Å²) in [7, 11) is 0. The molecular formula is C21H27ClN4O. The van der Waals surface area contributed by atoms with E-state index in [4.69, 9.17) is 21.7 Å². The van der Waals surface area contributed by atoms with E-state index in [-0.39, 0.29) is 0 Å². The van der Waals surface area contributed by atoms with Gasteiger partial charge < -0.3 is 18.8 Å². The summed E-state index contributed by atoms with van der Waals surface area (Å²) >= 11 is 6.01. The summed E-state index contributed by atoms with van der Waals surface area (Å²) in [4.78, 5) is 2.38. The molecule has 1 aromatic heterocycles. The zero-order chi connectivity index (χ0) is 19.2. The molecule has 3 aromatic rings. The zero-order valence-corrected chi connectivity index (χ0v) is 16.7. The number of benzene rings is 2. The molecule has 2 aromatic carbocycles. The van der Waals surface area contributed by atoms with Crippen molar-refractivity contribution in [2.45, 2.75) is 26.9 Å². The van der Waals surface area contributed by atoms with E-state index >= 15 is 0 Å². The Kier molecular flexibility index (Phi) is 6.58. The molecule has 0 aliphatic heterocycles. The molecule has 1 heterocycles. The van der Waals surface area contributed by atoms with Crippen LogP contribution in [0.1, 0.15) is 13.8 Å². The minimum absolute atomic E-state index is 0.487. The number of likely N-dealkylation sites (N-methyl/N-ethyl adjacent to an activating group) is 1. The van der Waals surface area contributed by atoms with Crippen molar-refractivity contribution >= 4 is 22.6 Å². The lowest BCUT2D eigenvalue weighted by Gasteiger charge is -2.18. The quantitative estimate of drug-likeness (QED) is 0.604. The molecule has 0 spiro atoms. The molecular weight excluding hydrogens is 360 g/mol. The van der Waals surface area contributed by atoms with Crippen LogP contribution in [0.5, 0.6) is 5.75 Å². The van der Waals surface area contributed by atoms with Crippen LogP contribution in [0.15, 0.2) is 48.5 Å². The van der Waals surface area contributed by atoms with Crippen molar-refractivity contribution in [3.8, 4) is 5.75 Å². The van der Waals surface area contributed by atoms with E-state index in [0.29, 0.717) is 23.8 Å². The number of nitrogens with one attached hydrogen (secondary N) is 1. The number of hydrogen-bond donors (Lipinski definition) is 1. The highest BCUT2D eigenvalue weighted by atomic mass is 35.5. The van der Waals surface area contributed by atoms with Gasteiger partial charge in [0.15, 0.2) is 0 Å². The van der Waals surface area contributed by atoms with E-state index in [9.17, 15) is 0 Å². The fourth-order valence-corrected chi connectivity index (χ4v) is 3.52. The van der Waals surface area contributed by atoms with Gasteiger partial charge in [-0.25, -0.2) is 0 Å². The third-order valence-electron chi connectivity index (χ3n) is 4.89. The van der Waals surface area contributed by atoms with Crippen LogP contribution >= 0.6 is 11.6 Å². The molecule has 144 valence electrons. The van der Waals surface area contributed by atoms with Crippen LogP contribution < -0.4 is 10.4 Å². The monoisotopic (exact) mass is 386 g/mol. The molecule has 0 fully saturated rings. The predicted octanol–water partition coefficient (Wildman–Crippen LogP) is 4.00. The van der Waals surface area contributed by atoms with Crippen LogP contribution in [0, 0.1) is 5.41 Å². The van der Waals surface area contributed by atoms with Gasteiger partial charge in [-0.2, -0.15) is 0 Å². The molecule has 0 radical (unpaired) electrons. The summed E-state index contributed by atoms with van der Waals surface area (Å²) in [6.45, 7) is 9.25. The number of fused-ring (bicyclic) bond motifs is 1. The number of halogens is 1. The van der Waals surface area contributed by atoms with Crippen molar-refractivity contribution < 1.29 is 4.74 Å². The van der Waals surface area contributed by atoms with Crippen molar-refractivity contribution in [2.75, 3.05) is 26.2 Å². The molecule has 0 saturated carbocycles. The van der Waals surface area contributed by atoms with Crippen LogP contribution in [0.2, 0.25) is 5.02 Å². The molecule has 0 atom stereocenters. The first-order valence-corrected chi connectivity index (χ1v) is 9.85. The highest BCUT2D eigenvalue weighted by Gasteiger charge is 2.11. The molecule has 0 amide bonds. The van der Waals surface area contributed by atoms with E-state index in [0.717, 1.165) is 43.0 Å². The van der Waals surface area contributed by atoms with Gasteiger partial charge in [0.05, 0.1) is 17.6 Å². The maximum atomic E-state index is 8.68. The lowest BCUT2D eigenvalue weighted by Crippen LogP contribution is -2.32. The van der Waals surface area contributed by atoms with Crippen molar-refractivity contribution in [2.24, 2.45) is 0 Å². The van der Waals surface area contributed by atoms with E-state index in [2.05, 4.69) is 35.4 Å². The molecule has 0 bridgehead atoms. The molecule has 1 N–H and O–H groups in total. The van der Waals surface area contributed by atoms with Gasteiger partial charge >= 0.3 is 0 Å². The average Bonchev–Trinajstić information content (AvgIpc) is 2.94. The number of nitrogens with zero attached hydrogens (tertiary/aromatic N) is 3. The summed E-state index contributed by atoms with van der Waals surface area (Å²) in [6.07, 6.45) is 0. The standard InChI is InChI=1S/C21H27ClN4O/c1-3-24(4-2)12-13-25-19-10-5-6-11-20(19)26(21(25)23)14-15-27-18-9-7-8-17(22)16-18/h5-11,16,23H,3-4,12-15H2,1-2H3. The Morgan fingerprint density at radius 2 is 1.63 bits per heavy atom. The second kappa shape index (κ2) is 9.11. The minimum atomic E-state index is 0.487. The Labute approximate surface area is 165 Å². The summed E-state index contributed by atoms with van der Waals surface area (Å²) in [5, 5.41) is 9.34. The van der Waals surface area contributed by atoms with Crippen molar-refractivity contribution in [1.82, 2.24) is 14.0 Å². The lowest BCUT2D eigenvalue weighted by atomic mass is 10.3. The fraction of sp³-hybridized carbons (Fsp3) is 0.381. The molecule has 3 rings (SSSR count). The molecule has 5 nitrogen and oxygen atoms in total. The number of imidazole rings is 1. The van der Waals surface area contributed by atoms with Crippen molar-refractivity contribution in [1.29, 1.82) is 5.41 Å². The van der Waals surface area contributed by atoms with Crippen LogP contribution in [-0.2, 0) is 13.1 Å². The first-order valence-electron chi connectivity index (χ1n) is 9.47. The highest BCUT2D eigenvalue weighted by Crippen LogP contribution is 2.17. The fourth-order valence-electron chi connectivity index (χ4n) is 3.34. The van der Waals surface area contributed by atoms with E-state index in [1.165, 1.54) is 0 Å². The van der Waals surface area contributed by atoms with Gasteiger partial charge in [-0.1, -0.05) is 43.6 Å². The Hall–Kier alpha value is -2.24. The van der Waals surface area contributed by atoms with Gasteiger partial charge in [0.2, 0.25) is 5.62 Å². The van der Waals surface area contributed by atoms with Crippen LogP contribution in [0.4, 0.5) is 0 Å². The largest absolute Gasteiger partial charge is 0.492 e. The SMILES string of the molecule is CCN(CC)CCn1c(=N)n(CCOc2cccc(Cl)c2)c2ccccc21. The third kappa shape index (κ3) is 4.54. The number of rotatable bonds is 9. The minimum Gasteiger partial charge on any atom is -0.492 e. The van der Waals surface area contributed by atoms with Crippen molar-refractivity contribution in [3.05, 3.63) is 59.2 Å². The van der Waals surface area contributed by atoms with Gasteiger partial charge in [-0.05, 0) is 43.4 Å². The van der Waals surface area contributed by atoms with Gasteiger partial charge in [-0.15, -0.1) is 0 Å². The molecule has 0 unspecified atom stereocenters. The second-order valence-corrected chi connectivity index (χ2v) is 6.88. The van der Waals surface area contributed by atoms with Crippen LogP contribution in [0.3, 0.4) is 0 Å². The van der Waals surface area contributed by atoms with Crippen LogP contribution in [0.25, 0.3) is 11.0 Å². The molecule has 27 heavy (non-hydrogen) atoms. The maximum Gasteiger partial charge on any atom is 0.203 e. The topological polar surface area (TPSA) is 46.2 Å². The molecule has 0 saturated heterocycles. The summed E-state index contributed by atoms with van der Waals surface area (Å²) in [5.74, 6) is 0.750. The summed E-state index contributed by atoms with van der Waals surface area (Å²) in [6, 6.07) is 15.6. The van der Waals surface area contributed by atoms with Gasteiger partial charge in [0, 0.05) is 18.1 Å². The van der Waals surface area contributed by atoms with Gasteiger partial charge in [0.1, 0.15) is 12.4 Å². The Balaban J connectivity index is 1.78. The zero-order valence-electron chi connectivity index (χ0n) is 16.0. The molecule has 0 aliphatic carbocycles. The number of para-hydroxylation sites is 2. The molecule has 6 heteroatoms. The number of ether oxygens (including phenoxy) is 1.